The van der Waals surface area contributed by atoms with E-state index in [2.05, 4.69) is 0 Å². The molecule has 0 aliphatic carbocycles. The van der Waals surface area contributed by atoms with Gasteiger partial charge in [-0.1, -0.05) is 0 Å². The van der Waals surface area contributed by atoms with Crippen molar-refractivity contribution in [1.82, 2.24) is 4.90 Å². The standard InChI is InChI=1S/C16H18N2O7/c19-15(20)7-10-1-3-17(4-2-10)16(21)11-8-13-14(25-6-5-24-13)9-12(11)18(22)23/h8-10H,1-7H2,(H,19,20). The van der Waals surface area contributed by atoms with Gasteiger partial charge in [-0.2, -0.15) is 0 Å². The highest BCUT2D eigenvalue weighted by molar-refractivity contribution is 5.99. The Morgan fingerprint density at radius 3 is 2.36 bits per heavy atom. The van der Waals surface area contributed by atoms with E-state index in [1.54, 1.807) is 0 Å². The predicted octanol–water partition coefficient (Wildman–Crippen LogP) is 1.69. The second kappa shape index (κ2) is 6.96. The Morgan fingerprint density at radius 2 is 1.80 bits per heavy atom. The lowest BCUT2D eigenvalue weighted by Gasteiger charge is -2.31. The van der Waals surface area contributed by atoms with Crippen LogP contribution in [0.5, 0.6) is 11.5 Å². The molecule has 1 aromatic rings. The first-order chi connectivity index (χ1) is 12.0. The average molecular weight is 350 g/mol. The lowest BCUT2D eigenvalue weighted by molar-refractivity contribution is -0.385. The molecule has 0 radical (unpaired) electrons. The first kappa shape index (κ1) is 17.0. The topological polar surface area (TPSA) is 119 Å². The fourth-order valence-electron chi connectivity index (χ4n) is 3.16. The van der Waals surface area contributed by atoms with E-state index in [1.807, 2.05) is 0 Å². The summed E-state index contributed by atoms with van der Waals surface area (Å²) < 4.78 is 10.7. The number of likely N-dealkylation sites (tertiary alicyclic amines) is 1. The fourth-order valence-corrected chi connectivity index (χ4v) is 3.16. The van der Waals surface area contributed by atoms with Crippen LogP contribution in [0.4, 0.5) is 5.69 Å². The molecule has 1 aromatic carbocycles. The Labute approximate surface area is 143 Å². The molecule has 0 unspecified atom stereocenters. The Hall–Kier alpha value is -2.84. The zero-order valence-corrected chi connectivity index (χ0v) is 13.5. The summed E-state index contributed by atoms with van der Waals surface area (Å²) in [5.41, 5.74) is -0.354. The van der Waals surface area contributed by atoms with Gasteiger partial charge in [-0.3, -0.25) is 19.7 Å². The number of carbonyl (C=O) groups is 2. The quantitative estimate of drug-likeness (QED) is 0.648. The summed E-state index contributed by atoms with van der Waals surface area (Å²) in [4.78, 5) is 35.8. The Balaban J connectivity index is 1.80. The molecule has 2 aliphatic heterocycles. The summed E-state index contributed by atoms with van der Waals surface area (Å²) in [6.45, 7) is 1.37. The molecule has 1 N–H and O–H groups in total. The smallest absolute Gasteiger partial charge is 0.303 e. The number of rotatable bonds is 4. The molecule has 0 atom stereocenters. The van der Waals surface area contributed by atoms with E-state index in [1.165, 1.54) is 17.0 Å². The normalized spacial score (nSPS) is 17.2. The van der Waals surface area contributed by atoms with Gasteiger partial charge in [-0.05, 0) is 18.8 Å². The van der Waals surface area contributed by atoms with Gasteiger partial charge in [0.05, 0.1) is 11.0 Å². The van der Waals surface area contributed by atoms with Crippen LogP contribution in [0.3, 0.4) is 0 Å². The molecule has 25 heavy (non-hydrogen) atoms. The average Bonchev–Trinajstić information content (AvgIpc) is 2.60. The number of nitro benzene ring substituents is 1. The minimum Gasteiger partial charge on any atom is -0.486 e. The molecule has 0 spiro atoms. The van der Waals surface area contributed by atoms with E-state index >= 15 is 0 Å². The highest BCUT2D eigenvalue weighted by Crippen LogP contribution is 2.37. The first-order valence-electron chi connectivity index (χ1n) is 8.05. The minimum atomic E-state index is -0.854. The summed E-state index contributed by atoms with van der Waals surface area (Å²) in [6, 6.07) is 2.58. The molecule has 3 rings (SSSR count). The van der Waals surface area contributed by atoms with E-state index in [0.717, 1.165) is 0 Å². The van der Waals surface area contributed by atoms with Crippen molar-refractivity contribution >= 4 is 17.6 Å². The van der Waals surface area contributed by atoms with E-state index in [-0.39, 0.29) is 29.3 Å². The van der Waals surface area contributed by atoms with Crippen LogP contribution in [0.25, 0.3) is 0 Å². The Bertz CT molecular complexity index is 711. The van der Waals surface area contributed by atoms with Gasteiger partial charge < -0.3 is 19.5 Å². The van der Waals surface area contributed by atoms with Crippen LogP contribution in [-0.4, -0.2) is 53.1 Å². The van der Waals surface area contributed by atoms with E-state index in [9.17, 15) is 19.7 Å². The van der Waals surface area contributed by atoms with Crippen LogP contribution in [0.1, 0.15) is 29.6 Å². The predicted molar refractivity (Wildman–Crippen MR) is 85.0 cm³/mol. The summed E-state index contributed by atoms with van der Waals surface area (Å²) in [6.07, 6.45) is 1.21. The fraction of sp³-hybridized carbons (Fsp3) is 0.500. The Kier molecular flexibility index (Phi) is 4.73. The number of aliphatic carboxylic acids is 1. The van der Waals surface area contributed by atoms with Crippen molar-refractivity contribution < 1.29 is 29.1 Å². The van der Waals surface area contributed by atoms with Crippen LogP contribution >= 0.6 is 0 Å². The largest absolute Gasteiger partial charge is 0.486 e. The maximum absolute atomic E-state index is 12.7. The highest BCUT2D eigenvalue weighted by Gasteiger charge is 2.31. The minimum absolute atomic E-state index is 0.0248. The van der Waals surface area contributed by atoms with Crippen molar-refractivity contribution in [2.75, 3.05) is 26.3 Å². The number of carboxylic acid groups (broad SMARTS) is 1. The van der Waals surface area contributed by atoms with Gasteiger partial charge in [0, 0.05) is 25.6 Å². The van der Waals surface area contributed by atoms with Crippen LogP contribution in [0.2, 0.25) is 0 Å². The van der Waals surface area contributed by atoms with Gasteiger partial charge in [0.2, 0.25) is 0 Å². The third-order valence-electron chi connectivity index (χ3n) is 4.45. The molecule has 2 heterocycles. The van der Waals surface area contributed by atoms with Gasteiger partial charge in [0.25, 0.3) is 11.6 Å². The number of nitro groups is 1. The Morgan fingerprint density at radius 1 is 1.20 bits per heavy atom. The third kappa shape index (κ3) is 3.65. The summed E-state index contributed by atoms with van der Waals surface area (Å²) in [5.74, 6) is -0.697. The van der Waals surface area contributed by atoms with Gasteiger partial charge in [-0.25, -0.2) is 0 Å². The van der Waals surface area contributed by atoms with Crippen molar-refractivity contribution in [2.45, 2.75) is 19.3 Å². The van der Waals surface area contributed by atoms with E-state index < -0.39 is 16.8 Å². The maximum Gasteiger partial charge on any atom is 0.303 e. The molecule has 1 saturated heterocycles. The molecule has 9 heteroatoms. The number of piperidine rings is 1. The number of amides is 1. The second-order valence-corrected chi connectivity index (χ2v) is 6.10. The molecule has 9 nitrogen and oxygen atoms in total. The highest BCUT2D eigenvalue weighted by atomic mass is 16.6. The molecular formula is C16H18N2O7. The number of fused-ring (bicyclic) bond motifs is 1. The van der Waals surface area contributed by atoms with E-state index in [4.69, 9.17) is 14.6 Å². The van der Waals surface area contributed by atoms with Gasteiger partial charge >= 0.3 is 5.97 Å². The number of carbonyl (C=O) groups excluding carboxylic acids is 1. The van der Waals surface area contributed by atoms with Crippen LogP contribution in [-0.2, 0) is 4.79 Å². The van der Waals surface area contributed by atoms with Gasteiger partial charge in [0.1, 0.15) is 18.8 Å². The van der Waals surface area contributed by atoms with Crippen LogP contribution in [0.15, 0.2) is 12.1 Å². The molecule has 0 saturated carbocycles. The SMILES string of the molecule is O=C(O)CC1CCN(C(=O)c2cc3c(cc2[N+](=O)[O-])OCCO3)CC1. The third-order valence-corrected chi connectivity index (χ3v) is 4.45. The van der Waals surface area contributed by atoms with Crippen molar-refractivity contribution in [3.63, 3.8) is 0 Å². The van der Waals surface area contributed by atoms with Crippen LogP contribution < -0.4 is 9.47 Å². The maximum atomic E-state index is 12.7. The number of hydrogen-bond acceptors (Lipinski definition) is 6. The molecular weight excluding hydrogens is 332 g/mol. The zero-order valence-electron chi connectivity index (χ0n) is 13.5. The molecule has 134 valence electrons. The van der Waals surface area contributed by atoms with Crippen molar-refractivity contribution in [3.8, 4) is 11.5 Å². The van der Waals surface area contributed by atoms with E-state index in [0.29, 0.717) is 44.9 Å². The van der Waals surface area contributed by atoms with Crippen molar-refractivity contribution in [1.29, 1.82) is 0 Å². The molecule has 0 bridgehead atoms. The van der Waals surface area contributed by atoms with Crippen molar-refractivity contribution in [2.24, 2.45) is 5.92 Å². The lowest BCUT2D eigenvalue weighted by atomic mass is 9.93. The van der Waals surface area contributed by atoms with Crippen LogP contribution in [0, 0.1) is 16.0 Å². The van der Waals surface area contributed by atoms with Crippen molar-refractivity contribution in [3.05, 3.63) is 27.8 Å². The number of benzene rings is 1. The summed E-state index contributed by atoms with van der Waals surface area (Å²) in [7, 11) is 0. The monoisotopic (exact) mass is 350 g/mol. The molecule has 2 aliphatic rings. The number of carboxylic acids is 1. The lowest BCUT2D eigenvalue weighted by Crippen LogP contribution is -2.39. The first-order valence-corrected chi connectivity index (χ1v) is 8.05. The molecule has 0 aromatic heterocycles. The summed E-state index contributed by atoms with van der Waals surface area (Å²) in [5, 5.41) is 20.2. The summed E-state index contributed by atoms with van der Waals surface area (Å²) >= 11 is 0. The molecule has 1 fully saturated rings. The number of hydrogen-bond donors (Lipinski definition) is 1. The van der Waals surface area contributed by atoms with Gasteiger partial charge in [0.15, 0.2) is 11.5 Å². The number of ether oxygens (including phenoxy) is 2. The zero-order chi connectivity index (χ0) is 18.0. The number of nitrogens with zero attached hydrogens (tertiary/aromatic N) is 2. The molecule has 1 amide bonds. The second-order valence-electron chi connectivity index (χ2n) is 6.10. The van der Waals surface area contributed by atoms with Gasteiger partial charge in [-0.15, -0.1) is 0 Å².